The number of ether oxygens (including phenoxy) is 1. The van der Waals surface area contributed by atoms with E-state index in [1.807, 2.05) is 0 Å². The summed E-state index contributed by atoms with van der Waals surface area (Å²) in [6, 6.07) is 6.27. The molecule has 0 N–H and O–H groups in total. The lowest BCUT2D eigenvalue weighted by Crippen LogP contribution is -2.38. The van der Waals surface area contributed by atoms with E-state index in [0.717, 1.165) is 0 Å². The molecule has 0 bridgehead atoms. The van der Waals surface area contributed by atoms with Crippen molar-refractivity contribution < 1.29 is 28.8 Å². The van der Waals surface area contributed by atoms with Crippen LogP contribution in [0.15, 0.2) is 24.3 Å². The molecule has 0 unspecified atom stereocenters. The van der Waals surface area contributed by atoms with Gasteiger partial charge in [-0.25, -0.2) is 9.59 Å². The molecule has 0 spiro atoms. The van der Waals surface area contributed by atoms with Gasteiger partial charge in [-0.1, -0.05) is 17.2 Å². The zero-order valence-corrected chi connectivity index (χ0v) is 14.9. The minimum atomic E-state index is -0.717. The van der Waals surface area contributed by atoms with Crippen molar-refractivity contribution in [2.24, 2.45) is 5.92 Å². The van der Waals surface area contributed by atoms with E-state index in [4.69, 9.17) is 9.57 Å². The molecule has 1 aromatic carbocycles. The Balaban J connectivity index is 1.61. The highest BCUT2D eigenvalue weighted by atomic mass is 16.7. The number of hydrogen-bond acceptors (Lipinski definition) is 6. The van der Waals surface area contributed by atoms with E-state index in [9.17, 15) is 19.2 Å². The van der Waals surface area contributed by atoms with E-state index < -0.39 is 35.4 Å². The van der Waals surface area contributed by atoms with Gasteiger partial charge in [-0.3, -0.25) is 9.59 Å². The van der Waals surface area contributed by atoms with Gasteiger partial charge in [0.2, 0.25) is 0 Å². The molecule has 2 aliphatic rings. The van der Waals surface area contributed by atoms with Gasteiger partial charge in [0.15, 0.2) is 0 Å². The lowest BCUT2D eigenvalue weighted by Gasteiger charge is -2.24. The molecule has 3 rings (SSSR count). The summed E-state index contributed by atoms with van der Waals surface area (Å²) in [6.07, 6.45) is -0.130. The van der Waals surface area contributed by atoms with E-state index in [2.05, 4.69) is 0 Å². The van der Waals surface area contributed by atoms with Gasteiger partial charge in [0.1, 0.15) is 5.60 Å². The van der Waals surface area contributed by atoms with Gasteiger partial charge in [0, 0.05) is 13.1 Å². The van der Waals surface area contributed by atoms with Crippen molar-refractivity contribution in [2.45, 2.75) is 32.8 Å². The Bertz CT molecular complexity index is 747. The van der Waals surface area contributed by atoms with Crippen LogP contribution in [0, 0.1) is 5.92 Å². The Morgan fingerprint density at radius 1 is 1.08 bits per heavy atom. The van der Waals surface area contributed by atoms with Crippen molar-refractivity contribution in [3.05, 3.63) is 35.4 Å². The second-order valence-corrected chi connectivity index (χ2v) is 7.27. The Labute approximate surface area is 150 Å². The molecule has 2 aliphatic heterocycles. The number of benzene rings is 1. The molecule has 1 atom stereocenters. The second kappa shape index (κ2) is 6.44. The van der Waals surface area contributed by atoms with Gasteiger partial charge in [-0.15, -0.1) is 0 Å². The number of carbonyl (C=O) groups is 4. The highest BCUT2D eigenvalue weighted by Gasteiger charge is 2.41. The maximum atomic E-state index is 12.3. The first-order valence-electron chi connectivity index (χ1n) is 8.35. The fourth-order valence-corrected chi connectivity index (χ4v) is 2.86. The maximum Gasteiger partial charge on any atom is 0.410 e. The Kier molecular flexibility index (Phi) is 4.43. The Hall–Kier alpha value is -2.90. The van der Waals surface area contributed by atoms with Crippen molar-refractivity contribution >= 4 is 23.9 Å². The predicted molar refractivity (Wildman–Crippen MR) is 88.9 cm³/mol. The highest BCUT2D eigenvalue weighted by molar-refractivity contribution is 6.20. The number of likely N-dealkylation sites (tertiary alicyclic amines) is 1. The summed E-state index contributed by atoms with van der Waals surface area (Å²) in [6.45, 7) is 5.74. The summed E-state index contributed by atoms with van der Waals surface area (Å²) >= 11 is 0. The molecule has 8 heteroatoms. The highest BCUT2D eigenvalue weighted by Crippen LogP contribution is 2.25. The molecule has 1 saturated heterocycles. The Morgan fingerprint density at radius 3 is 2.19 bits per heavy atom. The number of imide groups is 1. The largest absolute Gasteiger partial charge is 0.444 e. The summed E-state index contributed by atoms with van der Waals surface area (Å²) in [5, 5.41) is 0.489. The molecule has 138 valence electrons. The van der Waals surface area contributed by atoms with Crippen molar-refractivity contribution in [3.8, 4) is 0 Å². The molecule has 0 aromatic heterocycles. The molecule has 1 aromatic rings. The summed E-state index contributed by atoms with van der Waals surface area (Å²) in [5.41, 5.74) is -0.227. The number of amides is 3. The van der Waals surface area contributed by atoms with Crippen LogP contribution in [-0.4, -0.2) is 52.5 Å². The number of nitrogens with zero attached hydrogens (tertiary/aromatic N) is 2. The lowest BCUT2D eigenvalue weighted by molar-refractivity contribution is -0.173. The topological polar surface area (TPSA) is 93.2 Å². The third kappa shape index (κ3) is 3.40. The van der Waals surface area contributed by atoms with Crippen molar-refractivity contribution in [1.82, 2.24) is 9.96 Å². The first-order valence-corrected chi connectivity index (χ1v) is 8.35. The van der Waals surface area contributed by atoms with E-state index in [1.165, 1.54) is 17.0 Å². The number of hydrogen-bond donors (Lipinski definition) is 0. The fraction of sp³-hybridized carbons (Fsp3) is 0.444. The molecular formula is C18H20N2O6. The molecular weight excluding hydrogens is 340 g/mol. The van der Waals surface area contributed by atoms with Crippen LogP contribution in [-0.2, 0) is 14.4 Å². The number of fused-ring (bicyclic) bond motifs is 1. The lowest BCUT2D eigenvalue weighted by atomic mass is 10.1. The van der Waals surface area contributed by atoms with Crippen LogP contribution in [0.5, 0.6) is 0 Å². The SMILES string of the molecule is CC(C)(C)OC(=O)N1CC[C@H](C(=O)ON2C(=O)c3ccccc3C2=O)C1. The van der Waals surface area contributed by atoms with Crippen molar-refractivity contribution in [3.63, 3.8) is 0 Å². The minimum absolute atomic E-state index is 0.122. The van der Waals surface area contributed by atoms with Crippen molar-refractivity contribution in [1.29, 1.82) is 0 Å². The van der Waals surface area contributed by atoms with Crippen LogP contribution in [0.4, 0.5) is 4.79 Å². The molecule has 0 radical (unpaired) electrons. The monoisotopic (exact) mass is 360 g/mol. The first kappa shape index (κ1) is 17.9. The van der Waals surface area contributed by atoms with E-state index in [0.29, 0.717) is 18.0 Å². The molecule has 0 aliphatic carbocycles. The molecule has 1 fully saturated rings. The minimum Gasteiger partial charge on any atom is -0.444 e. The summed E-state index contributed by atoms with van der Waals surface area (Å²) in [5.74, 6) is -2.67. The molecule has 26 heavy (non-hydrogen) atoms. The zero-order chi connectivity index (χ0) is 19.1. The maximum absolute atomic E-state index is 12.3. The summed E-state index contributed by atoms with van der Waals surface area (Å²) in [4.78, 5) is 55.3. The van der Waals surface area contributed by atoms with E-state index in [-0.39, 0.29) is 17.7 Å². The van der Waals surface area contributed by atoms with Gasteiger partial charge in [-0.05, 0) is 39.3 Å². The number of rotatable bonds is 2. The van der Waals surface area contributed by atoms with Crippen molar-refractivity contribution in [2.75, 3.05) is 13.1 Å². The number of carbonyl (C=O) groups excluding carboxylic acids is 4. The van der Waals surface area contributed by atoms with E-state index >= 15 is 0 Å². The van der Waals surface area contributed by atoms with Gasteiger partial charge >= 0.3 is 12.1 Å². The van der Waals surface area contributed by atoms with Crippen LogP contribution in [0.3, 0.4) is 0 Å². The van der Waals surface area contributed by atoms with Gasteiger partial charge < -0.3 is 14.5 Å². The molecule has 0 saturated carbocycles. The standard InChI is InChI=1S/C18H20N2O6/c1-18(2,3)25-17(24)19-9-8-11(10-19)16(23)26-20-14(21)12-6-4-5-7-13(12)15(20)22/h4-7,11H,8-10H2,1-3H3/t11-/m0/s1. The Morgan fingerprint density at radius 2 is 1.65 bits per heavy atom. The quantitative estimate of drug-likeness (QED) is 0.749. The first-order chi connectivity index (χ1) is 12.2. The van der Waals surface area contributed by atoms with Crippen LogP contribution in [0.2, 0.25) is 0 Å². The normalized spacial score (nSPS) is 19.6. The average molecular weight is 360 g/mol. The number of hydroxylamine groups is 2. The van der Waals surface area contributed by atoms with Crippen LogP contribution >= 0.6 is 0 Å². The van der Waals surface area contributed by atoms with Gasteiger partial charge in [0.05, 0.1) is 17.0 Å². The van der Waals surface area contributed by atoms with Crippen LogP contribution < -0.4 is 0 Å². The summed E-state index contributed by atoms with van der Waals surface area (Å²) < 4.78 is 5.28. The van der Waals surface area contributed by atoms with E-state index in [1.54, 1.807) is 32.9 Å². The van der Waals surface area contributed by atoms with Gasteiger partial charge in [-0.2, -0.15) is 0 Å². The molecule has 2 heterocycles. The molecule has 3 amide bonds. The van der Waals surface area contributed by atoms with Crippen LogP contribution in [0.1, 0.15) is 47.9 Å². The predicted octanol–water partition coefficient (Wildman–Crippen LogP) is 2.00. The fourth-order valence-electron chi connectivity index (χ4n) is 2.86. The molecule has 8 nitrogen and oxygen atoms in total. The third-order valence-corrected chi connectivity index (χ3v) is 4.11. The third-order valence-electron chi connectivity index (χ3n) is 4.11. The smallest absolute Gasteiger partial charge is 0.410 e. The van der Waals surface area contributed by atoms with Gasteiger partial charge in [0.25, 0.3) is 11.8 Å². The summed E-state index contributed by atoms with van der Waals surface area (Å²) in [7, 11) is 0. The van der Waals surface area contributed by atoms with Crippen LogP contribution in [0.25, 0.3) is 0 Å². The zero-order valence-electron chi connectivity index (χ0n) is 14.9. The second-order valence-electron chi connectivity index (χ2n) is 7.27. The average Bonchev–Trinajstić information content (AvgIpc) is 3.14.